The molecule has 106 valence electrons. The number of rotatable bonds is 2. The molecule has 1 aromatic carbocycles. The predicted molar refractivity (Wildman–Crippen MR) is 81.9 cm³/mol. The van der Waals surface area contributed by atoms with Crippen molar-refractivity contribution in [2.24, 2.45) is 28.3 Å². The van der Waals surface area contributed by atoms with E-state index in [0.29, 0.717) is 11.5 Å². The summed E-state index contributed by atoms with van der Waals surface area (Å²) in [6, 6.07) is 8.14. The molecule has 1 unspecified atom stereocenters. The fourth-order valence-corrected chi connectivity index (χ4v) is 2.74. The third-order valence-electron chi connectivity index (χ3n) is 3.77. The summed E-state index contributed by atoms with van der Waals surface area (Å²) in [6.07, 6.45) is 3.85. The number of guanidine groups is 1. The van der Waals surface area contributed by atoms with Crippen LogP contribution in [0.5, 0.6) is 0 Å². The second kappa shape index (κ2) is 5.90. The van der Waals surface area contributed by atoms with E-state index in [-0.39, 0.29) is 17.8 Å². The highest BCUT2D eigenvalue weighted by Crippen LogP contribution is 2.32. The van der Waals surface area contributed by atoms with Gasteiger partial charge in [0, 0.05) is 5.57 Å². The molecule has 1 aliphatic carbocycles. The SMILES string of the molecule is CC(C)C1CCc2ccccc2C=C1C(=O)N=C(N)N. The minimum absolute atomic E-state index is 0.179. The lowest BCUT2D eigenvalue weighted by atomic mass is 9.84. The molecule has 0 saturated heterocycles. The number of fused-ring (bicyclic) bond motifs is 1. The molecule has 0 aliphatic heterocycles. The van der Waals surface area contributed by atoms with Crippen LogP contribution in [0.15, 0.2) is 34.8 Å². The zero-order valence-corrected chi connectivity index (χ0v) is 12.0. The number of carbonyl (C=O) groups is 1. The Kier molecular flexibility index (Phi) is 4.23. The Hall–Kier alpha value is -2.10. The number of hydrogen-bond donors (Lipinski definition) is 2. The summed E-state index contributed by atoms with van der Waals surface area (Å²) in [7, 11) is 0. The van der Waals surface area contributed by atoms with Crippen LogP contribution >= 0.6 is 0 Å². The Morgan fingerprint density at radius 1 is 1.30 bits per heavy atom. The third kappa shape index (κ3) is 3.07. The summed E-state index contributed by atoms with van der Waals surface area (Å²) in [5.74, 6) is 0.0445. The maximum atomic E-state index is 12.3. The number of aliphatic imine (C=N–C) groups is 1. The van der Waals surface area contributed by atoms with Gasteiger partial charge in [-0.05, 0) is 41.9 Å². The van der Waals surface area contributed by atoms with Crippen molar-refractivity contribution in [1.29, 1.82) is 0 Å². The van der Waals surface area contributed by atoms with Gasteiger partial charge < -0.3 is 11.5 Å². The lowest BCUT2D eigenvalue weighted by molar-refractivity contribution is -0.115. The van der Waals surface area contributed by atoms with Crippen LogP contribution in [0.2, 0.25) is 0 Å². The van der Waals surface area contributed by atoms with Crippen LogP contribution in [0.3, 0.4) is 0 Å². The van der Waals surface area contributed by atoms with Crippen LogP contribution in [0.1, 0.15) is 31.4 Å². The van der Waals surface area contributed by atoms with E-state index >= 15 is 0 Å². The first kappa shape index (κ1) is 14.3. The van der Waals surface area contributed by atoms with E-state index in [1.54, 1.807) is 0 Å². The van der Waals surface area contributed by atoms with Gasteiger partial charge in [-0.25, -0.2) is 0 Å². The molecule has 4 N–H and O–H groups in total. The first-order valence-corrected chi connectivity index (χ1v) is 6.92. The molecule has 1 amide bonds. The summed E-state index contributed by atoms with van der Waals surface area (Å²) < 4.78 is 0. The largest absolute Gasteiger partial charge is 0.370 e. The molecule has 0 bridgehead atoms. The molecule has 2 rings (SSSR count). The van der Waals surface area contributed by atoms with Crippen molar-refractivity contribution in [3.05, 3.63) is 41.0 Å². The zero-order valence-electron chi connectivity index (χ0n) is 12.0. The van der Waals surface area contributed by atoms with E-state index in [4.69, 9.17) is 11.5 Å². The molecule has 20 heavy (non-hydrogen) atoms. The van der Waals surface area contributed by atoms with E-state index < -0.39 is 0 Å². The molecule has 1 aromatic rings. The van der Waals surface area contributed by atoms with Crippen LogP contribution in [0.25, 0.3) is 6.08 Å². The maximum Gasteiger partial charge on any atom is 0.276 e. The number of amides is 1. The van der Waals surface area contributed by atoms with Crippen molar-refractivity contribution in [1.82, 2.24) is 0 Å². The van der Waals surface area contributed by atoms with Gasteiger partial charge in [-0.3, -0.25) is 4.79 Å². The minimum atomic E-state index is -0.319. The van der Waals surface area contributed by atoms with Crippen molar-refractivity contribution in [3.63, 3.8) is 0 Å². The predicted octanol–water partition coefficient (Wildman–Crippen LogP) is 2.09. The van der Waals surface area contributed by atoms with Gasteiger partial charge in [0.15, 0.2) is 5.96 Å². The van der Waals surface area contributed by atoms with Gasteiger partial charge >= 0.3 is 0 Å². The van der Waals surface area contributed by atoms with Gasteiger partial charge in [0.25, 0.3) is 5.91 Å². The highest BCUT2D eigenvalue weighted by Gasteiger charge is 2.26. The quantitative estimate of drug-likeness (QED) is 0.638. The van der Waals surface area contributed by atoms with Gasteiger partial charge in [0.2, 0.25) is 0 Å². The van der Waals surface area contributed by atoms with E-state index in [9.17, 15) is 4.79 Å². The van der Waals surface area contributed by atoms with Crippen LogP contribution in [0.4, 0.5) is 0 Å². The minimum Gasteiger partial charge on any atom is -0.370 e. The van der Waals surface area contributed by atoms with Crippen LogP contribution < -0.4 is 11.5 Å². The van der Waals surface area contributed by atoms with Crippen molar-refractivity contribution in [3.8, 4) is 0 Å². The zero-order chi connectivity index (χ0) is 14.7. The molecule has 1 atom stereocenters. The smallest absolute Gasteiger partial charge is 0.276 e. The molecule has 0 fully saturated rings. The standard InChI is InChI=1S/C16H21N3O/c1-10(2)13-8-7-11-5-3-4-6-12(11)9-14(13)15(20)19-16(17)18/h3-6,9-10,13H,7-8H2,1-2H3,(H4,17,18,19,20). The van der Waals surface area contributed by atoms with Gasteiger partial charge in [-0.1, -0.05) is 38.1 Å². The van der Waals surface area contributed by atoms with E-state index in [1.165, 1.54) is 5.56 Å². The number of hydrogen-bond acceptors (Lipinski definition) is 1. The average molecular weight is 271 g/mol. The summed E-state index contributed by atoms with van der Waals surface area (Å²) in [4.78, 5) is 16.0. The fraction of sp³-hybridized carbons (Fsp3) is 0.375. The number of carbonyl (C=O) groups excluding carboxylic acids is 1. The van der Waals surface area contributed by atoms with Crippen molar-refractivity contribution in [2.45, 2.75) is 26.7 Å². The van der Waals surface area contributed by atoms with Crippen LogP contribution in [-0.4, -0.2) is 11.9 Å². The Bertz CT molecular complexity index is 569. The highest BCUT2D eigenvalue weighted by atomic mass is 16.1. The fourth-order valence-electron chi connectivity index (χ4n) is 2.74. The normalized spacial score (nSPS) is 17.9. The number of nitrogens with two attached hydrogens (primary N) is 2. The Morgan fingerprint density at radius 2 is 2.00 bits per heavy atom. The molecule has 0 saturated carbocycles. The summed E-state index contributed by atoms with van der Waals surface area (Å²) in [5, 5.41) is 0. The lowest BCUT2D eigenvalue weighted by Gasteiger charge is -2.20. The summed E-state index contributed by atoms with van der Waals surface area (Å²) in [6.45, 7) is 4.24. The average Bonchev–Trinajstić information content (AvgIpc) is 2.57. The van der Waals surface area contributed by atoms with Crippen molar-refractivity contribution in [2.75, 3.05) is 0 Å². The Balaban J connectivity index is 2.47. The highest BCUT2D eigenvalue weighted by molar-refractivity contribution is 6.04. The topological polar surface area (TPSA) is 81.5 Å². The Labute approximate surface area is 119 Å². The van der Waals surface area contributed by atoms with Gasteiger partial charge in [0.1, 0.15) is 0 Å². The molecular formula is C16H21N3O. The first-order valence-electron chi connectivity index (χ1n) is 6.92. The second-order valence-electron chi connectivity index (χ2n) is 5.53. The van der Waals surface area contributed by atoms with E-state index in [0.717, 1.165) is 18.4 Å². The molecule has 4 heteroatoms. The molecule has 1 aliphatic rings. The maximum absolute atomic E-state index is 12.3. The van der Waals surface area contributed by atoms with Gasteiger partial charge in [-0.15, -0.1) is 0 Å². The van der Waals surface area contributed by atoms with Crippen LogP contribution in [-0.2, 0) is 11.2 Å². The lowest BCUT2D eigenvalue weighted by Crippen LogP contribution is -2.26. The second-order valence-corrected chi connectivity index (χ2v) is 5.53. The summed E-state index contributed by atoms with van der Waals surface area (Å²) >= 11 is 0. The summed E-state index contributed by atoms with van der Waals surface area (Å²) in [5.41, 5.74) is 13.7. The van der Waals surface area contributed by atoms with Crippen molar-refractivity contribution >= 4 is 17.9 Å². The van der Waals surface area contributed by atoms with Crippen molar-refractivity contribution < 1.29 is 4.79 Å². The molecular weight excluding hydrogens is 250 g/mol. The molecule has 4 nitrogen and oxygen atoms in total. The van der Waals surface area contributed by atoms with Crippen LogP contribution in [0, 0.1) is 11.8 Å². The first-order chi connectivity index (χ1) is 9.49. The van der Waals surface area contributed by atoms with E-state index in [2.05, 4.69) is 24.9 Å². The third-order valence-corrected chi connectivity index (χ3v) is 3.77. The number of benzene rings is 1. The van der Waals surface area contributed by atoms with Gasteiger partial charge in [-0.2, -0.15) is 4.99 Å². The number of nitrogens with zero attached hydrogens (tertiary/aromatic N) is 1. The van der Waals surface area contributed by atoms with E-state index in [1.807, 2.05) is 24.3 Å². The molecule has 0 aromatic heterocycles. The molecule has 0 spiro atoms. The number of aryl methyl sites for hydroxylation is 1. The molecule has 0 heterocycles. The van der Waals surface area contributed by atoms with Gasteiger partial charge in [0.05, 0.1) is 0 Å². The molecule has 0 radical (unpaired) electrons. The monoisotopic (exact) mass is 271 g/mol. The Morgan fingerprint density at radius 3 is 2.65 bits per heavy atom.